The number of nitrogens with zero attached hydrogens (tertiary/aromatic N) is 4. The summed E-state index contributed by atoms with van der Waals surface area (Å²) in [5.74, 6) is 1.22. The molecular weight excluding hydrogens is 581 g/mol. The molecule has 10 nitrogen and oxygen atoms in total. The Hall–Kier alpha value is -4.78. The Morgan fingerprint density at radius 2 is 1.66 bits per heavy atom. The SMILES string of the molecule is O=[N+]([O-])c1cn2c(n1)O[C@@H](COc1ccc3c(c1)CCCN(Cc1ccc(Oc4ccc(OC(F)(F)F)cc4)cc1)C3)CC2. The molecule has 1 atom stereocenters. The second-order valence-electron chi connectivity index (χ2n) is 10.7. The van der Waals surface area contributed by atoms with Gasteiger partial charge in [0.05, 0.1) is 0 Å². The quantitative estimate of drug-likeness (QED) is 0.153. The maximum atomic E-state index is 12.4. The zero-order valence-corrected chi connectivity index (χ0v) is 23.5. The molecule has 44 heavy (non-hydrogen) atoms. The Morgan fingerprint density at radius 1 is 0.955 bits per heavy atom. The Balaban J connectivity index is 1.00. The number of fused-ring (bicyclic) bond motifs is 2. The molecule has 3 aromatic carbocycles. The molecule has 230 valence electrons. The molecule has 13 heteroatoms. The summed E-state index contributed by atoms with van der Waals surface area (Å²) in [5, 5.41) is 11.0. The summed E-state index contributed by atoms with van der Waals surface area (Å²) in [5.41, 5.74) is 3.61. The fourth-order valence-electron chi connectivity index (χ4n) is 5.32. The van der Waals surface area contributed by atoms with Crippen LogP contribution in [-0.2, 0) is 26.1 Å². The van der Waals surface area contributed by atoms with E-state index in [0.717, 1.165) is 43.8 Å². The number of aryl methyl sites for hydroxylation is 2. The van der Waals surface area contributed by atoms with Crippen LogP contribution in [0.15, 0.2) is 72.9 Å². The molecule has 2 aliphatic rings. The number of alkyl halides is 3. The third-order valence-corrected chi connectivity index (χ3v) is 7.43. The van der Waals surface area contributed by atoms with Gasteiger partial charge < -0.3 is 29.1 Å². The number of hydrogen-bond acceptors (Lipinski definition) is 8. The van der Waals surface area contributed by atoms with Crippen LogP contribution in [0.4, 0.5) is 19.0 Å². The van der Waals surface area contributed by atoms with Crippen molar-refractivity contribution in [1.82, 2.24) is 14.5 Å². The Labute approximate surface area is 250 Å². The minimum absolute atomic E-state index is 0.224. The van der Waals surface area contributed by atoms with Gasteiger partial charge in [0.25, 0.3) is 0 Å². The highest BCUT2D eigenvalue weighted by Crippen LogP contribution is 2.29. The number of nitro groups is 1. The Bertz CT molecular complexity index is 1610. The number of benzene rings is 3. The van der Waals surface area contributed by atoms with Gasteiger partial charge in [-0.2, -0.15) is 0 Å². The van der Waals surface area contributed by atoms with Crippen molar-refractivity contribution in [3.8, 4) is 29.0 Å². The van der Waals surface area contributed by atoms with E-state index in [-0.39, 0.29) is 23.7 Å². The van der Waals surface area contributed by atoms with Crippen molar-refractivity contribution in [3.63, 3.8) is 0 Å². The fraction of sp³-hybridized carbons (Fsp3) is 0.323. The molecule has 4 aromatic rings. The van der Waals surface area contributed by atoms with Gasteiger partial charge in [0.15, 0.2) is 0 Å². The summed E-state index contributed by atoms with van der Waals surface area (Å²) in [7, 11) is 0. The number of rotatable bonds is 9. The van der Waals surface area contributed by atoms with E-state index in [4.69, 9.17) is 14.2 Å². The molecule has 0 unspecified atom stereocenters. The van der Waals surface area contributed by atoms with Gasteiger partial charge in [0.1, 0.15) is 41.9 Å². The van der Waals surface area contributed by atoms with Gasteiger partial charge in [-0.25, -0.2) is 0 Å². The molecular formula is C31H29F3N4O6. The summed E-state index contributed by atoms with van der Waals surface area (Å²) in [6, 6.07) is 19.3. The first-order valence-corrected chi connectivity index (χ1v) is 14.1. The van der Waals surface area contributed by atoms with E-state index in [0.29, 0.717) is 31.1 Å². The van der Waals surface area contributed by atoms with Gasteiger partial charge in [-0.3, -0.25) is 9.47 Å². The van der Waals surface area contributed by atoms with Gasteiger partial charge in [-0.15, -0.1) is 13.2 Å². The van der Waals surface area contributed by atoms with Crippen LogP contribution >= 0.6 is 0 Å². The molecule has 0 fully saturated rings. The molecule has 1 aromatic heterocycles. The molecule has 0 saturated carbocycles. The summed E-state index contributed by atoms with van der Waals surface area (Å²) in [6.45, 7) is 3.40. The van der Waals surface area contributed by atoms with E-state index >= 15 is 0 Å². The lowest BCUT2D eigenvalue weighted by atomic mass is 10.0. The zero-order valence-electron chi connectivity index (χ0n) is 23.5. The van der Waals surface area contributed by atoms with Crippen LogP contribution in [0, 0.1) is 10.1 Å². The summed E-state index contributed by atoms with van der Waals surface area (Å²) in [4.78, 5) is 16.8. The molecule has 6 rings (SSSR count). The first-order chi connectivity index (χ1) is 21.2. The van der Waals surface area contributed by atoms with Gasteiger partial charge >= 0.3 is 18.2 Å². The predicted molar refractivity (Wildman–Crippen MR) is 152 cm³/mol. The van der Waals surface area contributed by atoms with Gasteiger partial charge in [0, 0.05) is 31.0 Å². The average molecular weight is 611 g/mol. The van der Waals surface area contributed by atoms with Gasteiger partial charge in [-0.1, -0.05) is 18.2 Å². The molecule has 0 spiro atoms. The monoisotopic (exact) mass is 610 g/mol. The lowest BCUT2D eigenvalue weighted by Crippen LogP contribution is -2.31. The lowest BCUT2D eigenvalue weighted by molar-refractivity contribution is -0.389. The van der Waals surface area contributed by atoms with E-state index in [2.05, 4.69) is 26.8 Å². The summed E-state index contributed by atoms with van der Waals surface area (Å²) >= 11 is 0. The molecule has 3 heterocycles. The van der Waals surface area contributed by atoms with Crippen LogP contribution in [0.25, 0.3) is 0 Å². The Kier molecular flexibility index (Phi) is 8.29. The van der Waals surface area contributed by atoms with Crippen molar-refractivity contribution in [3.05, 3.63) is 99.7 Å². The molecule has 0 bridgehead atoms. The first-order valence-electron chi connectivity index (χ1n) is 14.1. The number of ether oxygens (including phenoxy) is 4. The smallest absolute Gasteiger partial charge is 0.490 e. The number of hydrogen-bond donors (Lipinski definition) is 0. The standard InChI is InChI=1S/C31H29F3N4O6/c32-31(33,34)44-26-11-9-25(10-12-26)42-24-6-3-21(4-7-24)17-36-14-1-2-22-16-27(8-5-23(22)18-36)41-20-28-13-15-37-19-29(38(39)40)35-30(37)43-28/h3-12,16,19,28H,1-2,13-15,17-18,20H2/t28-/m1/s1. The maximum absolute atomic E-state index is 12.4. The molecule has 0 aliphatic carbocycles. The highest BCUT2D eigenvalue weighted by molar-refractivity contribution is 5.38. The topological polar surface area (TPSA) is 101 Å². The van der Waals surface area contributed by atoms with E-state index in [1.165, 1.54) is 41.6 Å². The second-order valence-corrected chi connectivity index (χ2v) is 10.7. The van der Waals surface area contributed by atoms with Crippen LogP contribution in [-0.4, -0.2) is 45.0 Å². The normalized spacial score (nSPS) is 16.7. The fourth-order valence-corrected chi connectivity index (χ4v) is 5.32. The van der Waals surface area contributed by atoms with E-state index < -0.39 is 11.3 Å². The van der Waals surface area contributed by atoms with Crippen molar-refractivity contribution >= 4 is 5.82 Å². The van der Waals surface area contributed by atoms with E-state index in [1.54, 1.807) is 4.57 Å². The number of imidazole rings is 1. The van der Waals surface area contributed by atoms with Crippen LogP contribution < -0.4 is 18.9 Å². The van der Waals surface area contributed by atoms with Crippen molar-refractivity contribution in [2.75, 3.05) is 13.2 Å². The minimum Gasteiger partial charge on any atom is -0.490 e. The second kappa shape index (κ2) is 12.4. The first kappa shape index (κ1) is 29.3. The average Bonchev–Trinajstić information content (AvgIpc) is 3.32. The lowest BCUT2D eigenvalue weighted by Gasteiger charge is -2.23. The van der Waals surface area contributed by atoms with Crippen LogP contribution in [0.3, 0.4) is 0 Å². The predicted octanol–water partition coefficient (Wildman–Crippen LogP) is 6.66. The molecule has 0 N–H and O–H groups in total. The van der Waals surface area contributed by atoms with E-state index in [1.807, 2.05) is 30.3 Å². The number of aromatic nitrogens is 2. The van der Waals surface area contributed by atoms with Crippen molar-refractivity contribution in [1.29, 1.82) is 0 Å². The molecule has 0 amide bonds. The maximum Gasteiger partial charge on any atom is 0.573 e. The highest BCUT2D eigenvalue weighted by atomic mass is 19.4. The third kappa shape index (κ3) is 7.40. The Morgan fingerprint density at radius 3 is 2.39 bits per heavy atom. The zero-order chi connectivity index (χ0) is 30.7. The van der Waals surface area contributed by atoms with Crippen molar-refractivity contribution in [2.24, 2.45) is 0 Å². The molecule has 0 radical (unpaired) electrons. The molecule has 2 aliphatic heterocycles. The van der Waals surface area contributed by atoms with Crippen LogP contribution in [0.1, 0.15) is 29.5 Å². The van der Waals surface area contributed by atoms with E-state index in [9.17, 15) is 23.3 Å². The van der Waals surface area contributed by atoms with Crippen LogP contribution in [0.5, 0.6) is 29.0 Å². The highest BCUT2D eigenvalue weighted by Gasteiger charge is 2.31. The third-order valence-electron chi connectivity index (χ3n) is 7.43. The number of halogens is 3. The van der Waals surface area contributed by atoms with Crippen molar-refractivity contribution < 1.29 is 37.0 Å². The van der Waals surface area contributed by atoms with Gasteiger partial charge in [-0.05, 0) is 89.5 Å². The van der Waals surface area contributed by atoms with Crippen LogP contribution in [0.2, 0.25) is 0 Å². The van der Waals surface area contributed by atoms with Crippen molar-refractivity contribution in [2.45, 2.75) is 51.4 Å². The molecule has 0 saturated heterocycles. The minimum atomic E-state index is -4.74. The van der Waals surface area contributed by atoms with Gasteiger partial charge in [0.2, 0.25) is 0 Å². The summed E-state index contributed by atoms with van der Waals surface area (Å²) in [6.07, 6.45) is -0.990. The summed E-state index contributed by atoms with van der Waals surface area (Å²) < 4.78 is 60.3. The largest absolute Gasteiger partial charge is 0.573 e.